The van der Waals surface area contributed by atoms with Gasteiger partial charge in [0, 0.05) is 25.7 Å². The van der Waals surface area contributed by atoms with Gasteiger partial charge in [0.25, 0.3) is 0 Å². The molecule has 0 bridgehead atoms. The van der Waals surface area contributed by atoms with Crippen LogP contribution < -0.4 is 15.2 Å². The number of benzene rings is 1. The highest BCUT2D eigenvalue weighted by molar-refractivity contribution is 5.48. The molecule has 0 spiro atoms. The van der Waals surface area contributed by atoms with Crippen LogP contribution in [0.3, 0.4) is 0 Å². The lowest BCUT2D eigenvalue weighted by molar-refractivity contribution is 0.215. The minimum absolute atomic E-state index is 0.247. The lowest BCUT2D eigenvalue weighted by Crippen LogP contribution is -2.43. The van der Waals surface area contributed by atoms with Gasteiger partial charge in [-0.1, -0.05) is 20.3 Å². The lowest BCUT2D eigenvalue weighted by Gasteiger charge is -2.32. The predicted octanol–water partition coefficient (Wildman–Crippen LogP) is 2.44. The van der Waals surface area contributed by atoms with Crippen molar-refractivity contribution in [1.82, 2.24) is 4.90 Å². The van der Waals surface area contributed by atoms with Gasteiger partial charge in [-0.2, -0.15) is 0 Å². The monoisotopic (exact) mass is 292 g/mol. The van der Waals surface area contributed by atoms with Crippen molar-refractivity contribution in [2.24, 2.45) is 11.7 Å². The predicted molar refractivity (Wildman–Crippen MR) is 86.0 cm³/mol. The quantitative estimate of drug-likeness (QED) is 0.875. The van der Waals surface area contributed by atoms with E-state index in [1.165, 1.54) is 11.1 Å². The first-order chi connectivity index (χ1) is 10.1. The van der Waals surface area contributed by atoms with Crippen molar-refractivity contribution in [2.75, 3.05) is 27.3 Å². The Kier molecular flexibility index (Phi) is 5.48. The van der Waals surface area contributed by atoms with Gasteiger partial charge in [0.1, 0.15) is 0 Å². The maximum Gasteiger partial charge on any atom is 0.161 e. The standard InChI is InChI=1S/C17H28N2O2/c1-5-12(2)15(18)11-19-7-6-13-8-16(20-3)17(21-4)9-14(13)10-19/h8-9,12,15H,5-7,10-11,18H2,1-4H3. The third-order valence-electron chi connectivity index (χ3n) is 4.64. The van der Waals surface area contributed by atoms with Crippen LogP contribution in [0.5, 0.6) is 11.5 Å². The topological polar surface area (TPSA) is 47.7 Å². The average molecular weight is 292 g/mol. The number of rotatable bonds is 6. The number of hydrogen-bond donors (Lipinski definition) is 1. The number of nitrogens with two attached hydrogens (primary N) is 1. The van der Waals surface area contributed by atoms with Gasteiger partial charge in [0.15, 0.2) is 11.5 Å². The van der Waals surface area contributed by atoms with Crippen molar-refractivity contribution in [3.05, 3.63) is 23.3 Å². The van der Waals surface area contributed by atoms with Gasteiger partial charge < -0.3 is 15.2 Å². The molecule has 0 saturated carbocycles. The molecule has 4 nitrogen and oxygen atoms in total. The Hall–Kier alpha value is -1.26. The summed E-state index contributed by atoms with van der Waals surface area (Å²) in [6.07, 6.45) is 2.18. The van der Waals surface area contributed by atoms with Crippen LogP contribution in [0, 0.1) is 5.92 Å². The number of fused-ring (bicyclic) bond motifs is 1. The van der Waals surface area contributed by atoms with Crippen LogP contribution in [0.1, 0.15) is 31.4 Å². The van der Waals surface area contributed by atoms with Crippen LogP contribution in [0.4, 0.5) is 0 Å². The third kappa shape index (κ3) is 3.69. The van der Waals surface area contributed by atoms with Gasteiger partial charge in [0.05, 0.1) is 14.2 Å². The second kappa shape index (κ2) is 7.14. The van der Waals surface area contributed by atoms with Crippen LogP contribution in [-0.4, -0.2) is 38.3 Å². The summed E-state index contributed by atoms with van der Waals surface area (Å²) in [6.45, 7) is 7.40. The molecule has 2 unspecified atom stereocenters. The van der Waals surface area contributed by atoms with E-state index in [4.69, 9.17) is 15.2 Å². The highest BCUT2D eigenvalue weighted by Crippen LogP contribution is 2.33. The van der Waals surface area contributed by atoms with E-state index < -0.39 is 0 Å². The molecule has 1 aromatic carbocycles. The molecule has 2 N–H and O–H groups in total. The molecule has 0 saturated heterocycles. The van der Waals surface area contributed by atoms with Crippen LogP contribution in [-0.2, 0) is 13.0 Å². The summed E-state index contributed by atoms with van der Waals surface area (Å²) in [7, 11) is 3.37. The smallest absolute Gasteiger partial charge is 0.161 e. The molecule has 2 rings (SSSR count). The zero-order valence-corrected chi connectivity index (χ0v) is 13.7. The van der Waals surface area contributed by atoms with Crippen molar-refractivity contribution in [3.8, 4) is 11.5 Å². The van der Waals surface area contributed by atoms with Gasteiger partial charge in [0.2, 0.25) is 0 Å². The van der Waals surface area contributed by atoms with E-state index >= 15 is 0 Å². The summed E-state index contributed by atoms with van der Waals surface area (Å²) < 4.78 is 10.8. The molecule has 0 aliphatic carbocycles. The first kappa shape index (κ1) is 16.1. The molecule has 0 amide bonds. The van der Waals surface area contributed by atoms with Gasteiger partial charge in [-0.05, 0) is 35.6 Å². The molecule has 0 fully saturated rings. The highest BCUT2D eigenvalue weighted by atomic mass is 16.5. The normalized spacial score (nSPS) is 18.0. The van der Waals surface area contributed by atoms with Crippen LogP contribution in [0.2, 0.25) is 0 Å². The molecule has 118 valence electrons. The fraction of sp³-hybridized carbons (Fsp3) is 0.647. The second-order valence-corrected chi connectivity index (χ2v) is 6.01. The minimum Gasteiger partial charge on any atom is -0.493 e. The van der Waals surface area contributed by atoms with E-state index in [0.717, 1.165) is 44.0 Å². The Bertz CT molecular complexity index is 476. The van der Waals surface area contributed by atoms with E-state index in [2.05, 4.69) is 30.9 Å². The number of nitrogens with zero attached hydrogens (tertiary/aromatic N) is 1. The van der Waals surface area contributed by atoms with Crippen LogP contribution >= 0.6 is 0 Å². The molecule has 21 heavy (non-hydrogen) atoms. The van der Waals surface area contributed by atoms with Crippen molar-refractivity contribution in [3.63, 3.8) is 0 Å². The Balaban J connectivity index is 2.09. The molecule has 1 heterocycles. The zero-order valence-electron chi connectivity index (χ0n) is 13.7. The molecule has 1 aliphatic heterocycles. The summed E-state index contributed by atoms with van der Waals surface area (Å²) in [5, 5.41) is 0. The summed E-state index contributed by atoms with van der Waals surface area (Å²) in [4.78, 5) is 2.45. The van der Waals surface area contributed by atoms with Gasteiger partial charge in [-0.3, -0.25) is 4.90 Å². The van der Waals surface area contributed by atoms with Gasteiger partial charge in [-0.15, -0.1) is 0 Å². The van der Waals surface area contributed by atoms with Crippen LogP contribution in [0.25, 0.3) is 0 Å². The lowest BCUT2D eigenvalue weighted by atomic mass is 9.96. The van der Waals surface area contributed by atoms with Crippen LogP contribution in [0.15, 0.2) is 12.1 Å². The van der Waals surface area contributed by atoms with Crippen molar-refractivity contribution >= 4 is 0 Å². The number of methoxy groups -OCH3 is 2. The third-order valence-corrected chi connectivity index (χ3v) is 4.64. The molecule has 1 aromatic rings. The van der Waals surface area contributed by atoms with Crippen molar-refractivity contribution in [2.45, 2.75) is 39.3 Å². The summed E-state index contributed by atoms with van der Waals surface area (Å²) in [5.74, 6) is 2.20. The highest BCUT2D eigenvalue weighted by Gasteiger charge is 2.22. The Morgan fingerprint density at radius 1 is 1.19 bits per heavy atom. The molecule has 4 heteroatoms. The summed E-state index contributed by atoms with van der Waals surface area (Å²) in [5.41, 5.74) is 8.98. The average Bonchev–Trinajstić information content (AvgIpc) is 2.52. The van der Waals surface area contributed by atoms with Gasteiger partial charge >= 0.3 is 0 Å². The van der Waals surface area contributed by atoms with E-state index in [1.807, 2.05) is 0 Å². The first-order valence-electron chi connectivity index (χ1n) is 7.80. The Morgan fingerprint density at radius 3 is 2.38 bits per heavy atom. The molecule has 2 atom stereocenters. The molecule has 0 aromatic heterocycles. The minimum atomic E-state index is 0.247. The molecule has 1 aliphatic rings. The maximum absolute atomic E-state index is 6.29. The number of ether oxygens (including phenoxy) is 2. The molecular weight excluding hydrogens is 264 g/mol. The van der Waals surface area contributed by atoms with E-state index in [9.17, 15) is 0 Å². The number of hydrogen-bond acceptors (Lipinski definition) is 4. The van der Waals surface area contributed by atoms with Gasteiger partial charge in [-0.25, -0.2) is 0 Å². The zero-order chi connectivity index (χ0) is 15.4. The summed E-state index contributed by atoms with van der Waals surface area (Å²) >= 11 is 0. The van der Waals surface area contributed by atoms with E-state index in [-0.39, 0.29) is 6.04 Å². The first-order valence-corrected chi connectivity index (χ1v) is 7.80. The Labute approximate surface area is 128 Å². The van der Waals surface area contributed by atoms with Crippen molar-refractivity contribution < 1.29 is 9.47 Å². The maximum atomic E-state index is 6.29. The largest absolute Gasteiger partial charge is 0.493 e. The fourth-order valence-electron chi connectivity index (χ4n) is 2.88. The van der Waals surface area contributed by atoms with E-state index in [0.29, 0.717) is 5.92 Å². The second-order valence-electron chi connectivity index (χ2n) is 6.01. The van der Waals surface area contributed by atoms with Crippen molar-refractivity contribution in [1.29, 1.82) is 0 Å². The Morgan fingerprint density at radius 2 is 1.81 bits per heavy atom. The fourth-order valence-corrected chi connectivity index (χ4v) is 2.88. The molecular formula is C17H28N2O2. The SMILES string of the molecule is CCC(C)C(N)CN1CCc2cc(OC)c(OC)cc2C1. The summed E-state index contributed by atoms with van der Waals surface area (Å²) in [6, 6.07) is 4.46. The van der Waals surface area contributed by atoms with E-state index in [1.54, 1.807) is 14.2 Å². The molecule has 0 radical (unpaired) electrons.